The largest absolute Gasteiger partial charge is 0.497 e. The van der Waals surface area contributed by atoms with Crippen molar-refractivity contribution in [2.24, 2.45) is 0 Å². The number of imide groups is 1. The summed E-state index contributed by atoms with van der Waals surface area (Å²) in [5.74, 6) is 1.41. The van der Waals surface area contributed by atoms with Gasteiger partial charge in [0, 0.05) is 6.42 Å². The number of furan rings is 1. The highest BCUT2D eigenvalue weighted by Crippen LogP contribution is 2.33. The number of aryl methyl sites for hydroxylation is 1. The summed E-state index contributed by atoms with van der Waals surface area (Å²) in [6.45, 7) is 1.84. The first-order valence-corrected chi connectivity index (χ1v) is 9.37. The Kier molecular flexibility index (Phi) is 4.82. The molecule has 1 aliphatic rings. The van der Waals surface area contributed by atoms with E-state index in [4.69, 9.17) is 9.15 Å². The van der Waals surface area contributed by atoms with E-state index < -0.39 is 5.25 Å². The second kappa shape index (κ2) is 7.43. The van der Waals surface area contributed by atoms with Gasteiger partial charge in [-0.05, 0) is 43.3 Å². The molecule has 0 spiro atoms. The first-order valence-electron chi connectivity index (χ1n) is 8.49. The summed E-state index contributed by atoms with van der Waals surface area (Å²) in [6.07, 6.45) is 1.57. The SMILES string of the molecule is COc1ccc(N2C(=O)CC(Sc3nncc(-c4ccc(C)o4)n3)C2=O)cc1. The summed E-state index contributed by atoms with van der Waals surface area (Å²) in [6, 6.07) is 10.4. The van der Waals surface area contributed by atoms with Crippen molar-refractivity contribution < 1.29 is 18.7 Å². The fraction of sp³-hybridized carbons (Fsp3) is 0.211. The minimum atomic E-state index is -0.606. The molecule has 3 heterocycles. The van der Waals surface area contributed by atoms with E-state index in [0.717, 1.165) is 17.5 Å². The maximum atomic E-state index is 12.8. The topological polar surface area (TPSA) is 98.4 Å². The Morgan fingerprint density at radius 2 is 1.96 bits per heavy atom. The highest BCUT2D eigenvalue weighted by atomic mass is 32.2. The first kappa shape index (κ1) is 18.2. The van der Waals surface area contributed by atoms with Gasteiger partial charge in [-0.2, -0.15) is 5.10 Å². The van der Waals surface area contributed by atoms with Gasteiger partial charge in [0.05, 0.1) is 19.0 Å². The van der Waals surface area contributed by atoms with Crippen LogP contribution in [0.25, 0.3) is 11.5 Å². The lowest BCUT2D eigenvalue weighted by atomic mass is 10.3. The average molecular weight is 396 g/mol. The van der Waals surface area contributed by atoms with E-state index in [1.807, 2.05) is 13.0 Å². The number of aromatic nitrogens is 3. The average Bonchev–Trinajstić information content (AvgIpc) is 3.25. The molecule has 1 aromatic carbocycles. The molecular weight excluding hydrogens is 380 g/mol. The lowest BCUT2D eigenvalue weighted by Gasteiger charge is -2.15. The van der Waals surface area contributed by atoms with Crippen molar-refractivity contribution in [1.29, 1.82) is 0 Å². The number of hydrogen-bond donors (Lipinski definition) is 0. The van der Waals surface area contributed by atoms with Gasteiger partial charge in [0.15, 0.2) is 5.76 Å². The number of ether oxygens (including phenoxy) is 1. The summed E-state index contributed by atoms with van der Waals surface area (Å²) in [5, 5.41) is 7.62. The minimum Gasteiger partial charge on any atom is -0.497 e. The van der Waals surface area contributed by atoms with Crippen LogP contribution < -0.4 is 9.64 Å². The molecule has 3 aromatic rings. The van der Waals surface area contributed by atoms with Gasteiger partial charge >= 0.3 is 0 Å². The Balaban J connectivity index is 1.53. The molecule has 1 fully saturated rings. The van der Waals surface area contributed by atoms with Crippen LogP contribution in [-0.2, 0) is 9.59 Å². The van der Waals surface area contributed by atoms with Gasteiger partial charge in [0.2, 0.25) is 17.0 Å². The van der Waals surface area contributed by atoms with Crippen LogP contribution in [0.3, 0.4) is 0 Å². The molecule has 2 aromatic heterocycles. The van der Waals surface area contributed by atoms with Crippen LogP contribution >= 0.6 is 11.8 Å². The smallest absolute Gasteiger partial charge is 0.247 e. The third-order valence-corrected chi connectivity index (χ3v) is 5.25. The molecule has 1 atom stereocenters. The number of carbonyl (C=O) groups excluding carboxylic acids is 2. The number of benzene rings is 1. The molecule has 0 bridgehead atoms. The van der Waals surface area contributed by atoms with Crippen molar-refractivity contribution in [1.82, 2.24) is 15.2 Å². The van der Waals surface area contributed by atoms with E-state index in [9.17, 15) is 9.59 Å². The van der Waals surface area contributed by atoms with E-state index in [1.54, 1.807) is 37.4 Å². The van der Waals surface area contributed by atoms with Crippen LogP contribution in [0.1, 0.15) is 12.2 Å². The Morgan fingerprint density at radius 1 is 1.18 bits per heavy atom. The van der Waals surface area contributed by atoms with E-state index >= 15 is 0 Å². The Hall–Kier alpha value is -3.20. The Bertz CT molecular complexity index is 1030. The summed E-state index contributed by atoms with van der Waals surface area (Å²) in [5.41, 5.74) is 1.03. The molecule has 0 aliphatic carbocycles. The molecular formula is C19H16N4O4S. The molecule has 0 N–H and O–H groups in total. The van der Waals surface area contributed by atoms with Crippen molar-refractivity contribution in [2.45, 2.75) is 23.8 Å². The predicted molar refractivity (Wildman–Crippen MR) is 102 cm³/mol. The minimum absolute atomic E-state index is 0.0724. The maximum absolute atomic E-state index is 12.8. The van der Waals surface area contributed by atoms with Crippen LogP contribution in [0.5, 0.6) is 5.75 Å². The van der Waals surface area contributed by atoms with Crippen LogP contribution in [-0.4, -0.2) is 39.4 Å². The number of carbonyl (C=O) groups is 2. The van der Waals surface area contributed by atoms with Crippen LogP contribution in [0, 0.1) is 6.92 Å². The van der Waals surface area contributed by atoms with Crippen molar-refractivity contribution in [3.63, 3.8) is 0 Å². The van der Waals surface area contributed by atoms with Gasteiger partial charge in [0.25, 0.3) is 0 Å². The molecule has 4 rings (SSSR count). The molecule has 0 saturated carbocycles. The molecule has 28 heavy (non-hydrogen) atoms. The van der Waals surface area contributed by atoms with Crippen LogP contribution in [0.4, 0.5) is 5.69 Å². The third kappa shape index (κ3) is 3.48. The van der Waals surface area contributed by atoms with E-state index in [1.165, 1.54) is 11.1 Å². The molecule has 2 amide bonds. The zero-order chi connectivity index (χ0) is 19.7. The molecule has 1 saturated heterocycles. The molecule has 8 nitrogen and oxygen atoms in total. The number of thioether (sulfide) groups is 1. The highest BCUT2D eigenvalue weighted by molar-refractivity contribution is 8.00. The monoisotopic (exact) mass is 396 g/mol. The molecule has 142 valence electrons. The summed E-state index contributed by atoms with van der Waals surface area (Å²) >= 11 is 1.12. The molecule has 9 heteroatoms. The van der Waals surface area contributed by atoms with Gasteiger partial charge in [0.1, 0.15) is 22.5 Å². The van der Waals surface area contributed by atoms with Crippen molar-refractivity contribution in [3.05, 3.63) is 48.4 Å². The number of methoxy groups -OCH3 is 1. The standard InChI is InChI=1S/C19H16N4O4S/c1-11-3-8-15(27-11)14-10-20-22-19(21-14)28-16-9-17(24)23(18(16)25)12-4-6-13(26-2)7-5-12/h3-8,10,16H,9H2,1-2H3. The van der Waals surface area contributed by atoms with Crippen molar-refractivity contribution in [2.75, 3.05) is 12.0 Å². The molecule has 1 unspecified atom stereocenters. The van der Waals surface area contributed by atoms with E-state index in [2.05, 4.69) is 15.2 Å². The van der Waals surface area contributed by atoms with Gasteiger partial charge in [-0.15, -0.1) is 5.10 Å². The number of hydrogen-bond acceptors (Lipinski definition) is 8. The molecule has 1 aliphatic heterocycles. The lowest BCUT2D eigenvalue weighted by Crippen LogP contribution is -2.31. The third-order valence-electron chi connectivity index (χ3n) is 4.22. The fourth-order valence-corrected chi connectivity index (χ4v) is 3.79. The maximum Gasteiger partial charge on any atom is 0.247 e. The normalized spacial score (nSPS) is 16.6. The van der Waals surface area contributed by atoms with Gasteiger partial charge in [-0.3, -0.25) is 9.59 Å². The highest BCUT2D eigenvalue weighted by Gasteiger charge is 2.40. The Morgan fingerprint density at radius 3 is 2.64 bits per heavy atom. The van der Waals surface area contributed by atoms with Gasteiger partial charge < -0.3 is 9.15 Å². The lowest BCUT2D eigenvalue weighted by molar-refractivity contribution is -0.121. The summed E-state index contributed by atoms with van der Waals surface area (Å²) < 4.78 is 10.7. The summed E-state index contributed by atoms with van der Waals surface area (Å²) in [7, 11) is 1.56. The van der Waals surface area contributed by atoms with Gasteiger partial charge in [-0.25, -0.2) is 9.88 Å². The van der Waals surface area contributed by atoms with Crippen LogP contribution in [0.15, 0.2) is 52.2 Å². The molecule has 0 radical (unpaired) electrons. The van der Waals surface area contributed by atoms with Gasteiger partial charge in [-0.1, -0.05) is 11.8 Å². The predicted octanol–water partition coefficient (Wildman–Crippen LogP) is 2.87. The number of anilines is 1. The second-order valence-electron chi connectivity index (χ2n) is 6.11. The number of nitrogens with zero attached hydrogens (tertiary/aromatic N) is 4. The fourth-order valence-electron chi connectivity index (χ4n) is 2.85. The van der Waals surface area contributed by atoms with Crippen molar-refractivity contribution >= 4 is 29.3 Å². The zero-order valence-corrected chi connectivity index (χ0v) is 16.0. The summed E-state index contributed by atoms with van der Waals surface area (Å²) in [4.78, 5) is 30.8. The zero-order valence-electron chi connectivity index (χ0n) is 15.2. The number of rotatable bonds is 5. The van der Waals surface area contributed by atoms with Crippen LogP contribution in [0.2, 0.25) is 0 Å². The quantitative estimate of drug-likeness (QED) is 0.607. The van der Waals surface area contributed by atoms with E-state index in [-0.39, 0.29) is 18.2 Å². The van der Waals surface area contributed by atoms with Crippen molar-refractivity contribution in [3.8, 4) is 17.2 Å². The van der Waals surface area contributed by atoms with E-state index in [0.29, 0.717) is 28.0 Å². The number of amides is 2. The second-order valence-corrected chi connectivity index (χ2v) is 7.28. The Labute approximate surface area is 164 Å². The first-order chi connectivity index (χ1) is 13.5.